The molecule has 0 spiro atoms. The van der Waals surface area contributed by atoms with Crippen LogP contribution in [0.4, 0.5) is 0 Å². The van der Waals surface area contributed by atoms with Crippen LogP contribution in [0.15, 0.2) is 23.3 Å². The van der Waals surface area contributed by atoms with Crippen molar-refractivity contribution < 1.29 is 9.59 Å². The second-order valence-corrected chi connectivity index (χ2v) is 4.56. The molecule has 2 heteroatoms. The number of hydrogen-bond acceptors (Lipinski definition) is 2. The van der Waals surface area contributed by atoms with Gasteiger partial charge in [-0.05, 0) is 36.3 Å². The molecule has 1 aliphatic rings. The van der Waals surface area contributed by atoms with E-state index < -0.39 is 0 Å². The van der Waals surface area contributed by atoms with Gasteiger partial charge in [0.05, 0.1) is 0 Å². The first-order valence-corrected chi connectivity index (χ1v) is 6.03. The highest BCUT2D eigenvalue weighted by atomic mass is 16.2. The van der Waals surface area contributed by atoms with Gasteiger partial charge >= 0.3 is 0 Å². The summed E-state index contributed by atoms with van der Waals surface area (Å²) in [6, 6.07) is 0. The topological polar surface area (TPSA) is 34.1 Å². The van der Waals surface area contributed by atoms with E-state index in [1.54, 1.807) is 0 Å². The average molecular weight is 220 g/mol. The Bertz CT molecular complexity index is 361. The fourth-order valence-corrected chi connectivity index (χ4v) is 1.75. The fraction of sp³-hybridized carbons (Fsp3) is 0.571. The normalized spacial score (nSPS) is 20.2. The second kappa shape index (κ2) is 5.24. The third kappa shape index (κ3) is 2.49. The standard InChI is InChI=1S/C14H20O2/c1-5-9(3)11-7-12(10(4)6-2)14(16)13(15)8-11/h7-10H,5-6H2,1-4H3. The molecule has 0 aliphatic heterocycles. The smallest absolute Gasteiger partial charge is 0.229 e. The Morgan fingerprint density at radius 3 is 2.06 bits per heavy atom. The Hall–Kier alpha value is -1.18. The van der Waals surface area contributed by atoms with Gasteiger partial charge in [0.25, 0.3) is 0 Å². The monoisotopic (exact) mass is 220 g/mol. The predicted molar refractivity (Wildman–Crippen MR) is 65.1 cm³/mol. The Kier molecular flexibility index (Phi) is 4.22. The van der Waals surface area contributed by atoms with Crippen molar-refractivity contribution in [1.82, 2.24) is 0 Å². The zero-order valence-corrected chi connectivity index (χ0v) is 10.5. The molecule has 0 heterocycles. The van der Waals surface area contributed by atoms with E-state index in [4.69, 9.17) is 0 Å². The number of ketones is 2. The van der Waals surface area contributed by atoms with Crippen LogP contribution in [0.5, 0.6) is 0 Å². The molecule has 0 fully saturated rings. The number of Topliss-reactive ketones (excluding diaryl/α,β-unsaturated/α-hetero) is 1. The van der Waals surface area contributed by atoms with Gasteiger partial charge in [-0.3, -0.25) is 9.59 Å². The van der Waals surface area contributed by atoms with E-state index in [-0.39, 0.29) is 17.5 Å². The van der Waals surface area contributed by atoms with Crippen molar-refractivity contribution in [3.63, 3.8) is 0 Å². The summed E-state index contributed by atoms with van der Waals surface area (Å²) in [4.78, 5) is 23.3. The molecule has 0 aromatic heterocycles. The molecule has 0 saturated carbocycles. The van der Waals surface area contributed by atoms with Crippen molar-refractivity contribution in [1.29, 1.82) is 0 Å². The van der Waals surface area contributed by atoms with E-state index in [0.29, 0.717) is 11.5 Å². The van der Waals surface area contributed by atoms with Gasteiger partial charge < -0.3 is 0 Å². The minimum Gasteiger partial charge on any atom is -0.286 e. The first-order chi connectivity index (χ1) is 7.51. The molecule has 0 amide bonds. The minimum absolute atomic E-state index is 0.171. The first-order valence-electron chi connectivity index (χ1n) is 6.03. The zero-order valence-electron chi connectivity index (χ0n) is 10.5. The summed E-state index contributed by atoms with van der Waals surface area (Å²) in [6.07, 6.45) is 5.30. The first kappa shape index (κ1) is 12.9. The van der Waals surface area contributed by atoms with Gasteiger partial charge in [0.15, 0.2) is 0 Å². The zero-order chi connectivity index (χ0) is 12.3. The Morgan fingerprint density at radius 1 is 1.00 bits per heavy atom. The van der Waals surface area contributed by atoms with Crippen LogP contribution in [0.3, 0.4) is 0 Å². The molecule has 16 heavy (non-hydrogen) atoms. The number of carbonyl (C=O) groups excluding carboxylic acids is 2. The third-order valence-corrected chi connectivity index (χ3v) is 3.43. The molecule has 2 unspecified atom stereocenters. The quantitative estimate of drug-likeness (QED) is 0.539. The van der Waals surface area contributed by atoms with Crippen LogP contribution >= 0.6 is 0 Å². The molecule has 2 atom stereocenters. The maximum atomic E-state index is 11.7. The maximum Gasteiger partial charge on any atom is 0.229 e. The van der Waals surface area contributed by atoms with Crippen molar-refractivity contribution >= 4 is 11.6 Å². The van der Waals surface area contributed by atoms with Gasteiger partial charge in [0, 0.05) is 5.57 Å². The summed E-state index contributed by atoms with van der Waals surface area (Å²) in [5, 5.41) is 0. The number of carbonyl (C=O) groups is 2. The predicted octanol–water partition coefficient (Wildman–Crippen LogP) is 3.08. The summed E-state index contributed by atoms with van der Waals surface area (Å²) in [7, 11) is 0. The summed E-state index contributed by atoms with van der Waals surface area (Å²) in [5.74, 6) is -0.158. The largest absolute Gasteiger partial charge is 0.286 e. The van der Waals surface area contributed by atoms with Crippen molar-refractivity contribution in [2.24, 2.45) is 11.8 Å². The second-order valence-electron chi connectivity index (χ2n) is 4.56. The summed E-state index contributed by atoms with van der Waals surface area (Å²) in [6.45, 7) is 8.20. The van der Waals surface area contributed by atoms with E-state index in [2.05, 4.69) is 13.8 Å². The summed E-state index contributed by atoms with van der Waals surface area (Å²) >= 11 is 0. The van der Waals surface area contributed by atoms with Gasteiger partial charge in [0.2, 0.25) is 11.6 Å². The van der Waals surface area contributed by atoms with Gasteiger partial charge in [-0.1, -0.05) is 33.8 Å². The minimum atomic E-state index is -0.354. The Morgan fingerprint density at radius 2 is 1.56 bits per heavy atom. The molecule has 0 saturated heterocycles. The molecule has 88 valence electrons. The lowest BCUT2D eigenvalue weighted by Crippen LogP contribution is -2.23. The molecule has 1 aliphatic carbocycles. The SMILES string of the molecule is CCC(C)C1=CC(=O)C(=O)C(C(C)CC)=C1. The lowest BCUT2D eigenvalue weighted by molar-refractivity contribution is -0.132. The molecular formula is C14H20O2. The Balaban J connectivity index is 3.07. The van der Waals surface area contributed by atoms with Crippen LogP contribution in [-0.2, 0) is 9.59 Å². The Labute approximate surface area is 97.4 Å². The lowest BCUT2D eigenvalue weighted by atomic mass is 9.83. The molecule has 2 nitrogen and oxygen atoms in total. The highest BCUT2D eigenvalue weighted by Gasteiger charge is 2.26. The maximum absolute atomic E-state index is 11.7. The van der Waals surface area contributed by atoms with Crippen molar-refractivity contribution in [2.75, 3.05) is 0 Å². The van der Waals surface area contributed by atoms with Crippen LogP contribution in [0.2, 0.25) is 0 Å². The van der Waals surface area contributed by atoms with Crippen LogP contribution in [-0.4, -0.2) is 11.6 Å². The molecular weight excluding hydrogens is 200 g/mol. The van der Waals surface area contributed by atoms with Crippen LogP contribution in [0, 0.1) is 11.8 Å². The van der Waals surface area contributed by atoms with E-state index in [1.807, 2.05) is 19.9 Å². The highest BCUT2D eigenvalue weighted by molar-refractivity contribution is 6.48. The van der Waals surface area contributed by atoms with E-state index in [0.717, 1.165) is 18.4 Å². The number of rotatable bonds is 4. The highest BCUT2D eigenvalue weighted by Crippen LogP contribution is 2.26. The summed E-state index contributed by atoms with van der Waals surface area (Å²) in [5.41, 5.74) is 1.69. The third-order valence-electron chi connectivity index (χ3n) is 3.43. The number of hydrogen-bond donors (Lipinski definition) is 0. The van der Waals surface area contributed by atoms with Gasteiger partial charge in [-0.2, -0.15) is 0 Å². The van der Waals surface area contributed by atoms with Crippen LogP contribution < -0.4 is 0 Å². The molecule has 0 aromatic rings. The van der Waals surface area contributed by atoms with Gasteiger partial charge in [-0.15, -0.1) is 0 Å². The average Bonchev–Trinajstić information content (AvgIpc) is 2.30. The van der Waals surface area contributed by atoms with Crippen molar-refractivity contribution in [3.8, 4) is 0 Å². The van der Waals surface area contributed by atoms with Crippen LogP contribution in [0.25, 0.3) is 0 Å². The van der Waals surface area contributed by atoms with Gasteiger partial charge in [0.1, 0.15) is 0 Å². The molecule has 1 rings (SSSR count). The van der Waals surface area contributed by atoms with Crippen molar-refractivity contribution in [3.05, 3.63) is 23.3 Å². The lowest BCUT2D eigenvalue weighted by Gasteiger charge is -2.19. The van der Waals surface area contributed by atoms with E-state index >= 15 is 0 Å². The molecule has 0 N–H and O–H groups in total. The van der Waals surface area contributed by atoms with Gasteiger partial charge in [-0.25, -0.2) is 0 Å². The van der Waals surface area contributed by atoms with Crippen LogP contribution in [0.1, 0.15) is 40.5 Å². The number of allylic oxidation sites excluding steroid dienone is 4. The summed E-state index contributed by atoms with van der Waals surface area (Å²) < 4.78 is 0. The van der Waals surface area contributed by atoms with E-state index in [1.165, 1.54) is 6.08 Å². The van der Waals surface area contributed by atoms with E-state index in [9.17, 15) is 9.59 Å². The van der Waals surface area contributed by atoms with Crippen molar-refractivity contribution in [2.45, 2.75) is 40.5 Å². The molecule has 0 radical (unpaired) electrons. The molecule has 0 aromatic carbocycles. The molecule has 0 bridgehead atoms. The fourth-order valence-electron chi connectivity index (χ4n) is 1.75.